The highest BCUT2D eigenvalue weighted by molar-refractivity contribution is 5.89. The summed E-state index contributed by atoms with van der Waals surface area (Å²) < 4.78 is 5.49. The van der Waals surface area contributed by atoms with Gasteiger partial charge < -0.3 is 20.2 Å². The molecule has 0 atom stereocenters. The van der Waals surface area contributed by atoms with E-state index in [4.69, 9.17) is 4.42 Å². The molecule has 122 valence electrons. The Morgan fingerprint density at radius 2 is 2.17 bits per heavy atom. The number of hydrogen-bond donors (Lipinski definition) is 3. The third-order valence-electron chi connectivity index (χ3n) is 4.10. The number of nitrogens with one attached hydrogen (secondary N) is 2. The number of benzene rings is 1. The summed E-state index contributed by atoms with van der Waals surface area (Å²) in [5.74, 6) is 1.26. The first kappa shape index (κ1) is 15.6. The minimum atomic E-state index is -0.755. The molecule has 1 aliphatic rings. The van der Waals surface area contributed by atoms with Crippen molar-refractivity contribution in [3.05, 3.63) is 36.2 Å². The topological polar surface area (TPSA) is 87.4 Å². The summed E-state index contributed by atoms with van der Waals surface area (Å²) in [6, 6.07) is 6.97. The summed E-state index contributed by atoms with van der Waals surface area (Å²) in [5, 5.41) is 15.7. The molecule has 6 heteroatoms. The van der Waals surface area contributed by atoms with Gasteiger partial charge in [0.05, 0.1) is 11.8 Å². The lowest BCUT2D eigenvalue weighted by Gasteiger charge is -2.22. The van der Waals surface area contributed by atoms with Gasteiger partial charge in [0.15, 0.2) is 0 Å². The van der Waals surface area contributed by atoms with Gasteiger partial charge in [-0.1, -0.05) is 18.9 Å². The van der Waals surface area contributed by atoms with Crippen molar-refractivity contribution in [3.63, 3.8) is 0 Å². The first-order valence-electron chi connectivity index (χ1n) is 7.84. The van der Waals surface area contributed by atoms with E-state index in [-0.39, 0.29) is 12.6 Å². The number of oxazole rings is 1. The second kappa shape index (κ2) is 6.42. The molecule has 2 aromatic rings. The van der Waals surface area contributed by atoms with Gasteiger partial charge >= 0.3 is 6.03 Å². The minimum Gasteiger partial charge on any atom is -0.441 e. The third kappa shape index (κ3) is 3.90. The monoisotopic (exact) mass is 315 g/mol. The van der Waals surface area contributed by atoms with Crippen molar-refractivity contribution in [2.45, 2.75) is 38.2 Å². The molecule has 1 saturated carbocycles. The van der Waals surface area contributed by atoms with Gasteiger partial charge in [0.2, 0.25) is 5.89 Å². The smallest absolute Gasteiger partial charge is 0.319 e. The van der Waals surface area contributed by atoms with Gasteiger partial charge in [-0.2, -0.15) is 0 Å². The van der Waals surface area contributed by atoms with E-state index >= 15 is 0 Å². The van der Waals surface area contributed by atoms with Crippen LogP contribution in [0.15, 0.2) is 34.9 Å². The van der Waals surface area contributed by atoms with Crippen LogP contribution in [0.3, 0.4) is 0 Å². The Hall–Kier alpha value is -2.34. The Morgan fingerprint density at radius 1 is 1.39 bits per heavy atom. The number of rotatable bonds is 4. The highest BCUT2D eigenvalue weighted by Crippen LogP contribution is 2.28. The van der Waals surface area contributed by atoms with Crippen LogP contribution in [0.5, 0.6) is 0 Å². The van der Waals surface area contributed by atoms with Crippen LogP contribution in [0.25, 0.3) is 11.5 Å². The van der Waals surface area contributed by atoms with Crippen molar-refractivity contribution in [1.29, 1.82) is 0 Å². The normalized spacial score (nSPS) is 16.3. The Balaban J connectivity index is 1.60. The molecule has 0 aliphatic heterocycles. The molecule has 1 heterocycles. The summed E-state index contributed by atoms with van der Waals surface area (Å²) in [5.41, 5.74) is 0.689. The van der Waals surface area contributed by atoms with E-state index in [1.54, 1.807) is 18.3 Å². The zero-order valence-electron chi connectivity index (χ0n) is 13.1. The standard InChI is InChI=1S/C17H21N3O3/c1-12-10-18-15(23-12)13-5-4-6-14(9-13)20-16(21)19-11-17(22)7-2-3-8-17/h4-6,9-10,22H,2-3,7-8,11H2,1H3,(H2,19,20,21). The molecule has 1 aromatic carbocycles. The summed E-state index contributed by atoms with van der Waals surface area (Å²) in [6.45, 7) is 2.11. The number of aryl methyl sites for hydroxylation is 1. The molecule has 2 amide bonds. The highest BCUT2D eigenvalue weighted by atomic mass is 16.4. The summed E-state index contributed by atoms with van der Waals surface area (Å²) >= 11 is 0. The Morgan fingerprint density at radius 3 is 2.87 bits per heavy atom. The number of carbonyl (C=O) groups excluding carboxylic acids is 1. The van der Waals surface area contributed by atoms with Crippen molar-refractivity contribution in [2.75, 3.05) is 11.9 Å². The van der Waals surface area contributed by atoms with Gasteiger partial charge in [0, 0.05) is 17.8 Å². The van der Waals surface area contributed by atoms with E-state index in [0.29, 0.717) is 11.6 Å². The lowest BCUT2D eigenvalue weighted by atomic mass is 10.0. The Labute approximate surface area is 134 Å². The number of carbonyl (C=O) groups is 1. The number of anilines is 1. The average molecular weight is 315 g/mol. The Kier molecular flexibility index (Phi) is 4.34. The lowest BCUT2D eigenvalue weighted by molar-refractivity contribution is 0.0506. The van der Waals surface area contributed by atoms with E-state index in [1.165, 1.54) is 0 Å². The largest absolute Gasteiger partial charge is 0.441 e. The molecule has 1 aromatic heterocycles. The van der Waals surface area contributed by atoms with E-state index in [9.17, 15) is 9.90 Å². The van der Waals surface area contributed by atoms with Crippen molar-refractivity contribution in [2.24, 2.45) is 0 Å². The maximum absolute atomic E-state index is 12.0. The lowest BCUT2D eigenvalue weighted by Crippen LogP contribution is -2.42. The molecule has 6 nitrogen and oxygen atoms in total. The fourth-order valence-electron chi connectivity index (χ4n) is 2.85. The van der Waals surface area contributed by atoms with Crippen molar-refractivity contribution < 1.29 is 14.3 Å². The van der Waals surface area contributed by atoms with Crippen LogP contribution in [0.2, 0.25) is 0 Å². The van der Waals surface area contributed by atoms with Gasteiger partial charge in [-0.15, -0.1) is 0 Å². The molecular weight excluding hydrogens is 294 g/mol. The Bertz CT molecular complexity index is 690. The molecule has 0 radical (unpaired) electrons. The van der Waals surface area contributed by atoms with Gasteiger partial charge in [-0.05, 0) is 38.0 Å². The van der Waals surface area contributed by atoms with Gasteiger partial charge in [0.25, 0.3) is 0 Å². The second-order valence-electron chi connectivity index (χ2n) is 6.10. The van der Waals surface area contributed by atoms with Gasteiger partial charge in [-0.25, -0.2) is 9.78 Å². The van der Waals surface area contributed by atoms with Crippen LogP contribution in [0, 0.1) is 6.92 Å². The second-order valence-corrected chi connectivity index (χ2v) is 6.10. The van der Waals surface area contributed by atoms with E-state index < -0.39 is 5.60 Å². The highest BCUT2D eigenvalue weighted by Gasteiger charge is 2.31. The van der Waals surface area contributed by atoms with Crippen LogP contribution in [0.1, 0.15) is 31.4 Å². The summed E-state index contributed by atoms with van der Waals surface area (Å²) in [4.78, 5) is 16.2. The van der Waals surface area contributed by atoms with Crippen LogP contribution in [0.4, 0.5) is 10.5 Å². The fraction of sp³-hybridized carbons (Fsp3) is 0.412. The van der Waals surface area contributed by atoms with Crippen LogP contribution in [-0.4, -0.2) is 28.3 Å². The maximum atomic E-state index is 12.0. The SMILES string of the molecule is Cc1cnc(-c2cccc(NC(=O)NCC3(O)CCCC3)c2)o1. The molecule has 0 bridgehead atoms. The van der Waals surface area contributed by atoms with Crippen LogP contribution in [-0.2, 0) is 0 Å². The first-order valence-corrected chi connectivity index (χ1v) is 7.84. The molecule has 0 saturated heterocycles. The molecule has 0 unspecified atom stereocenters. The van der Waals surface area contributed by atoms with Crippen molar-refractivity contribution >= 4 is 11.7 Å². The molecule has 23 heavy (non-hydrogen) atoms. The molecule has 1 fully saturated rings. The number of urea groups is 1. The van der Waals surface area contributed by atoms with Crippen LogP contribution < -0.4 is 10.6 Å². The molecule has 0 spiro atoms. The maximum Gasteiger partial charge on any atom is 0.319 e. The molecule has 1 aliphatic carbocycles. The zero-order valence-corrected chi connectivity index (χ0v) is 13.1. The molecular formula is C17H21N3O3. The molecule has 3 rings (SSSR count). The van der Waals surface area contributed by atoms with Crippen molar-refractivity contribution in [1.82, 2.24) is 10.3 Å². The summed E-state index contributed by atoms with van der Waals surface area (Å²) in [6.07, 6.45) is 5.16. The number of hydrogen-bond acceptors (Lipinski definition) is 4. The number of amides is 2. The quantitative estimate of drug-likeness (QED) is 0.809. The number of nitrogens with zero attached hydrogens (tertiary/aromatic N) is 1. The number of aliphatic hydroxyl groups is 1. The minimum absolute atomic E-state index is 0.275. The van der Waals surface area contributed by atoms with Crippen LogP contribution >= 0.6 is 0 Å². The molecule has 3 N–H and O–H groups in total. The zero-order chi connectivity index (χ0) is 16.3. The summed E-state index contributed by atoms with van der Waals surface area (Å²) in [7, 11) is 0. The van der Waals surface area contributed by atoms with Gasteiger partial charge in [0.1, 0.15) is 5.76 Å². The predicted octanol–water partition coefficient (Wildman–Crippen LogP) is 3.08. The van der Waals surface area contributed by atoms with E-state index in [0.717, 1.165) is 37.0 Å². The number of aromatic nitrogens is 1. The van der Waals surface area contributed by atoms with E-state index in [1.807, 2.05) is 19.1 Å². The average Bonchev–Trinajstić information content (AvgIpc) is 3.15. The first-order chi connectivity index (χ1) is 11.0. The third-order valence-corrected chi connectivity index (χ3v) is 4.10. The fourth-order valence-corrected chi connectivity index (χ4v) is 2.85. The van der Waals surface area contributed by atoms with Gasteiger partial charge in [-0.3, -0.25) is 0 Å². The predicted molar refractivity (Wildman–Crippen MR) is 87.1 cm³/mol. The van der Waals surface area contributed by atoms with E-state index in [2.05, 4.69) is 15.6 Å². The van der Waals surface area contributed by atoms with Crippen molar-refractivity contribution in [3.8, 4) is 11.5 Å².